The van der Waals surface area contributed by atoms with Crippen molar-refractivity contribution in [1.29, 1.82) is 0 Å². The molecule has 32 heavy (non-hydrogen) atoms. The number of rotatable bonds is 4. The first-order chi connectivity index (χ1) is 14.9. The largest absolute Gasteiger partial charge is 0.345 e. The van der Waals surface area contributed by atoms with Crippen LogP contribution in [0.15, 0.2) is 18.3 Å². The first-order valence-corrected chi connectivity index (χ1v) is 11.3. The number of hydrogen-bond acceptors (Lipinski definition) is 7. The Labute approximate surface area is 200 Å². The third-order valence-corrected chi connectivity index (χ3v) is 6.75. The topological polar surface area (TPSA) is 116 Å². The molecule has 0 spiro atoms. The lowest BCUT2D eigenvalue weighted by Crippen LogP contribution is -2.51. The van der Waals surface area contributed by atoms with Crippen molar-refractivity contribution in [3.63, 3.8) is 0 Å². The van der Waals surface area contributed by atoms with E-state index >= 15 is 0 Å². The molecule has 2 aliphatic rings. The zero-order chi connectivity index (χ0) is 22.0. The van der Waals surface area contributed by atoms with Gasteiger partial charge in [-0.2, -0.15) is 0 Å². The van der Waals surface area contributed by atoms with Crippen molar-refractivity contribution in [2.45, 2.75) is 44.3 Å². The van der Waals surface area contributed by atoms with E-state index in [0.717, 1.165) is 42.9 Å². The monoisotopic (exact) mass is 498 g/mol. The number of carbonyl (C=O) groups is 3. The standard InChI is InChI=1S/C20H23ClN6O3S.ClH/c1-27-8-7-14-15(10-27)31-20(25-14)19(30)24-13-4-2-3-12(13)23-17(28)18(29)26-16-6-5-11(21)9-22-16;/h5-6,9,12-13H,2-4,7-8,10H2,1H3,(H,23,28)(H,24,30)(H,22,26,29);1H. The van der Waals surface area contributed by atoms with Crippen molar-refractivity contribution in [3.8, 4) is 0 Å². The second-order valence-electron chi connectivity index (χ2n) is 7.78. The van der Waals surface area contributed by atoms with Gasteiger partial charge in [0.1, 0.15) is 5.82 Å². The first-order valence-electron chi connectivity index (χ1n) is 10.1. The van der Waals surface area contributed by atoms with E-state index in [1.54, 1.807) is 6.07 Å². The smallest absolute Gasteiger partial charge is 0.314 e. The van der Waals surface area contributed by atoms with E-state index in [2.05, 4.69) is 30.8 Å². The van der Waals surface area contributed by atoms with Gasteiger partial charge in [-0.3, -0.25) is 14.4 Å². The number of nitrogens with one attached hydrogen (secondary N) is 3. The number of hydrogen-bond donors (Lipinski definition) is 3. The summed E-state index contributed by atoms with van der Waals surface area (Å²) in [7, 11) is 2.05. The van der Waals surface area contributed by atoms with Crippen LogP contribution in [-0.2, 0) is 22.6 Å². The van der Waals surface area contributed by atoms with Gasteiger partial charge in [0.2, 0.25) is 0 Å². The second kappa shape index (κ2) is 10.6. The highest BCUT2D eigenvalue weighted by Gasteiger charge is 2.32. The Kier molecular flexibility index (Phi) is 8.05. The van der Waals surface area contributed by atoms with Crippen LogP contribution in [0.1, 0.15) is 39.6 Å². The maximum atomic E-state index is 12.7. The number of carbonyl (C=O) groups excluding carboxylic acids is 3. The minimum atomic E-state index is -0.816. The zero-order valence-electron chi connectivity index (χ0n) is 17.4. The molecule has 1 aliphatic carbocycles. The average Bonchev–Trinajstić information content (AvgIpc) is 3.36. The predicted molar refractivity (Wildman–Crippen MR) is 124 cm³/mol. The van der Waals surface area contributed by atoms with Crippen LogP contribution >= 0.6 is 35.3 Å². The van der Waals surface area contributed by atoms with Gasteiger partial charge in [0.15, 0.2) is 5.01 Å². The summed E-state index contributed by atoms with van der Waals surface area (Å²) < 4.78 is 0. The lowest BCUT2D eigenvalue weighted by atomic mass is 10.1. The highest BCUT2D eigenvalue weighted by Crippen LogP contribution is 2.25. The molecule has 0 radical (unpaired) electrons. The molecule has 0 aromatic carbocycles. The molecule has 0 bridgehead atoms. The number of anilines is 1. The number of thiazole rings is 1. The van der Waals surface area contributed by atoms with Crippen LogP contribution in [0, 0.1) is 0 Å². The van der Waals surface area contributed by atoms with E-state index in [1.165, 1.54) is 23.6 Å². The van der Waals surface area contributed by atoms with Gasteiger partial charge in [-0.15, -0.1) is 23.7 Å². The average molecular weight is 499 g/mol. The molecule has 9 nitrogen and oxygen atoms in total. The Morgan fingerprint density at radius 2 is 1.91 bits per heavy atom. The van der Waals surface area contributed by atoms with Crippen LogP contribution in [0.3, 0.4) is 0 Å². The fourth-order valence-electron chi connectivity index (χ4n) is 3.81. The molecule has 2 aromatic heterocycles. The van der Waals surface area contributed by atoms with Crippen molar-refractivity contribution in [3.05, 3.63) is 38.9 Å². The molecule has 2 atom stereocenters. The summed E-state index contributed by atoms with van der Waals surface area (Å²) in [6.07, 6.45) is 4.48. The maximum absolute atomic E-state index is 12.7. The molecule has 3 N–H and O–H groups in total. The summed E-state index contributed by atoms with van der Waals surface area (Å²) in [5.74, 6) is -1.58. The summed E-state index contributed by atoms with van der Waals surface area (Å²) in [4.78, 5) is 49.0. The molecule has 1 fully saturated rings. The van der Waals surface area contributed by atoms with Gasteiger partial charge < -0.3 is 20.9 Å². The van der Waals surface area contributed by atoms with E-state index in [1.807, 2.05) is 7.05 Å². The van der Waals surface area contributed by atoms with Crippen molar-refractivity contribution in [2.75, 3.05) is 18.9 Å². The van der Waals surface area contributed by atoms with Gasteiger partial charge in [0.05, 0.1) is 10.7 Å². The first kappa shape index (κ1) is 24.4. The van der Waals surface area contributed by atoms with E-state index in [-0.39, 0.29) is 36.2 Å². The van der Waals surface area contributed by atoms with Crippen LogP contribution in [-0.4, -0.2) is 58.3 Å². The normalized spacial score (nSPS) is 20.1. The summed E-state index contributed by atoms with van der Waals surface area (Å²) in [6.45, 7) is 1.74. The molecule has 2 unspecified atom stereocenters. The zero-order valence-corrected chi connectivity index (χ0v) is 19.8. The Balaban J connectivity index is 0.00000289. The summed E-state index contributed by atoms with van der Waals surface area (Å²) >= 11 is 7.19. The number of fused-ring (bicyclic) bond motifs is 1. The van der Waals surface area contributed by atoms with E-state index in [9.17, 15) is 14.4 Å². The van der Waals surface area contributed by atoms with Crippen molar-refractivity contribution in [2.24, 2.45) is 0 Å². The fourth-order valence-corrected chi connectivity index (χ4v) is 5.02. The van der Waals surface area contributed by atoms with E-state index < -0.39 is 11.8 Å². The molecule has 0 saturated heterocycles. The van der Waals surface area contributed by atoms with Crippen molar-refractivity contribution < 1.29 is 14.4 Å². The molecule has 3 amide bonds. The fraction of sp³-hybridized carbons (Fsp3) is 0.450. The van der Waals surface area contributed by atoms with Crippen LogP contribution < -0.4 is 16.0 Å². The highest BCUT2D eigenvalue weighted by molar-refractivity contribution is 7.13. The van der Waals surface area contributed by atoms with Crippen LogP contribution in [0.2, 0.25) is 5.02 Å². The van der Waals surface area contributed by atoms with Gasteiger partial charge in [-0.25, -0.2) is 9.97 Å². The predicted octanol–water partition coefficient (Wildman–Crippen LogP) is 2.01. The SMILES string of the molecule is CN1CCc2nc(C(=O)NC3CCCC3NC(=O)C(=O)Nc3ccc(Cl)cn3)sc2C1.Cl. The summed E-state index contributed by atoms with van der Waals surface area (Å²) in [5.41, 5.74) is 0.997. The summed E-state index contributed by atoms with van der Waals surface area (Å²) in [6, 6.07) is 2.51. The quantitative estimate of drug-likeness (QED) is 0.555. The van der Waals surface area contributed by atoms with Crippen molar-refractivity contribution >= 4 is 58.9 Å². The van der Waals surface area contributed by atoms with Gasteiger partial charge in [0, 0.05) is 42.7 Å². The van der Waals surface area contributed by atoms with Crippen LogP contribution in [0.5, 0.6) is 0 Å². The maximum Gasteiger partial charge on any atom is 0.314 e. The number of likely N-dealkylation sites (N-methyl/N-ethyl adjacent to an activating group) is 1. The molecular formula is C20H24Cl2N6O3S. The number of pyridine rings is 1. The van der Waals surface area contributed by atoms with Crippen LogP contribution in [0.4, 0.5) is 5.82 Å². The summed E-state index contributed by atoms with van der Waals surface area (Å²) in [5, 5.41) is 9.03. The molecule has 1 saturated carbocycles. The van der Waals surface area contributed by atoms with Gasteiger partial charge in [-0.1, -0.05) is 11.6 Å². The molecule has 172 valence electrons. The second-order valence-corrected chi connectivity index (χ2v) is 9.30. The minimum Gasteiger partial charge on any atom is -0.345 e. The minimum absolute atomic E-state index is 0. The third-order valence-electron chi connectivity index (χ3n) is 5.44. The molecule has 1 aliphatic heterocycles. The molecule has 3 heterocycles. The Morgan fingerprint density at radius 1 is 1.16 bits per heavy atom. The Bertz CT molecular complexity index is 1000. The van der Waals surface area contributed by atoms with Crippen LogP contribution in [0.25, 0.3) is 0 Å². The van der Waals surface area contributed by atoms with Gasteiger partial charge in [0.25, 0.3) is 5.91 Å². The molecule has 4 rings (SSSR count). The number of aromatic nitrogens is 2. The van der Waals surface area contributed by atoms with E-state index in [0.29, 0.717) is 16.5 Å². The lowest BCUT2D eigenvalue weighted by molar-refractivity contribution is -0.136. The molecular weight excluding hydrogens is 475 g/mol. The number of halogens is 2. The highest BCUT2D eigenvalue weighted by atomic mass is 35.5. The molecule has 2 aromatic rings. The van der Waals surface area contributed by atoms with E-state index in [4.69, 9.17) is 11.6 Å². The van der Waals surface area contributed by atoms with Gasteiger partial charge >= 0.3 is 11.8 Å². The molecule has 12 heteroatoms. The number of amides is 3. The van der Waals surface area contributed by atoms with Gasteiger partial charge in [-0.05, 0) is 38.4 Å². The lowest BCUT2D eigenvalue weighted by Gasteiger charge is -2.21. The van der Waals surface area contributed by atoms with Crippen molar-refractivity contribution in [1.82, 2.24) is 25.5 Å². The Hall–Kier alpha value is -2.27. The Morgan fingerprint density at radius 3 is 2.62 bits per heavy atom. The number of nitrogens with zero attached hydrogens (tertiary/aromatic N) is 3. The third kappa shape index (κ3) is 5.74.